The average molecular weight is 662 g/mol. The van der Waals surface area contributed by atoms with Crippen LogP contribution in [-0.2, 0) is 32.6 Å². The molecule has 0 spiro atoms. The van der Waals surface area contributed by atoms with Crippen molar-refractivity contribution in [3.63, 3.8) is 0 Å². The van der Waals surface area contributed by atoms with Gasteiger partial charge in [-0.1, -0.05) is 54.6 Å². The van der Waals surface area contributed by atoms with Gasteiger partial charge in [-0.15, -0.1) is 0 Å². The van der Waals surface area contributed by atoms with Crippen molar-refractivity contribution < 1.29 is 31.9 Å². The van der Waals surface area contributed by atoms with Gasteiger partial charge < -0.3 is 19.7 Å². The lowest BCUT2D eigenvalue weighted by Gasteiger charge is -2.34. The summed E-state index contributed by atoms with van der Waals surface area (Å²) in [5, 5.41) is 2.94. The van der Waals surface area contributed by atoms with E-state index in [2.05, 4.69) is 5.32 Å². The lowest BCUT2D eigenvalue weighted by molar-refractivity contribution is -0.140. The van der Waals surface area contributed by atoms with E-state index in [9.17, 15) is 22.4 Å². The number of methoxy groups -OCH3 is 2. The van der Waals surface area contributed by atoms with E-state index in [1.807, 2.05) is 75.4 Å². The van der Waals surface area contributed by atoms with Gasteiger partial charge in [0, 0.05) is 25.1 Å². The van der Waals surface area contributed by atoms with Crippen LogP contribution in [0.1, 0.15) is 30.5 Å². The number of carbonyl (C=O) groups excluding carboxylic acids is 2. The molecule has 4 aromatic rings. The number of hydrogen-bond acceptors (Lipinski definition) is 6. The van der Waals surface area contributed by atoms with E-state index in [1.54, 1.807) is 0 Å². The van der Waals surface area contributed by atoms with Crippen LogP contribution < -0.4 is 19.1 Å². The number of benzene rings is 4. The van der Waals surface area contributed by atoms with E-state index < -0.39 is 34.3 Å². The second-order valence-electron chi connectivity index (χ2n) is 11.3. The molecule has 1 atom stereocenters. The quantitative estimate of drug-likeness (QED) is 0.191. The first kappa shape index (κ1) is 35.0. The monoisotopic (exact) mass is 661 g/mol. The first-order chi connectivity index (χ1) is 22.4. The number of anilines is 1. The molecule has 11 heteroatoms. The summed E-state index contributed by atoms with van der Waals surface area (Å²) in [5.74, 6) is -1.07. The lowest BCUT2D eigenvalue weighted by Crippen LogP contribution is -2.54. The third-order valence-corrected chi connectivity index (χ3v) is 9.41. The average Bonchev–Trinajstić information content (AvgIpc) is 3.06. The van der Waals surface area contributed by atoms with Crippen LogP contribution in [0.25, 0.3) is 0 Å². The van der Waals surface area contributed by atoms with Crippen LogP contribution in [0, 0.1) is 12.7 Å². The van der Waals surface area contributed by atoms with Gasteiger partial charge in [-0.2, -0.15) is 0 Å². The zero-order valence-electron chi connectivity index (χ0n) is 27.1. The number of halogens is 1. The van der Waals surface area contributed by atoms with E-state index in [0.717, 1.165) is 33.1 Å². The van der Waals surface area contributed by atoms with Gasteiger partial charge in [0.15, 0.2) is 11.5 Å². The molecule has 4 aromatic carbocycles. The summed E-state index contributed by atoms with van der Waals surface area (Å²) in [7, 11) is -1.62. The summed E-state index contributed by atoms with van der Waals surface area (Å²) in [4.78, 5) is 29.6. The number of sulfonamides is 1. The Morgan fingerprint density at radius 1 is 0.851 bits per heavy atom. The van der Waals surface area contributed by atoms with Gasteiger partial charge in [0.05, 0.1) is 24.8 Å². The highest BCUT2D eigenvalue weighted by Crippen LogP contribution is 2.32. The van der Waals surface area contributed by atoms with Crippen molar-refractivity contribution in [3.8, 4) is 11.5 Å². The van der Waals surface area contributed by atoms with Crippen LogP contribution in [-0.4, -0.2) is 58.0 Å². The SMILES string of the molecule is COc1ccc(S(=O)(=O)N(CC(=O)N(Cc2ccccc2C)[C@H](Cc2ccccc2)C(=O)NC(C)C)c2ccc(F)cc2)cc1OC. The Labute approximate surface area is 276 Å². The molecule has 0 aliphatic rings. The molecule has 47 heavy (non-hydrogen) atoms. The molecule has 0 aliphatic heterocycles. The zero-order chi connectivity index (χ0) is 34.1. The molecule has 0 fully saturated rings. The normalized spacial score (nSPS) is 11.9. The molecule has 0 radical (unpaired) electrons. The van der Waals surface area contributed by atoms with E-state index in [-0.39, 0.29) is 41.2 Å². The number of nitrogens with zero attached hydrogens (tertiary/aromatic N) is 2. The summed E-state index contributed by atoms with van der Waals surface area (Å²) in [5.41, 5.74) is 2.60. The molecular formula is C36H40FN3O6S. The minimum atomic E-state index is -4.43. The standard InChI is InChI=1S/C36H40FN3O6S/c1-25(2)38-36(42)32(21-27-12-7-6-8-13-27)39(23-28-14-10-9-11-26(28)3)35(41)24-40(30-17-15-29(37)16-18-30)47(43,44)31-19-20-33(45-4)34(22-31)46-5/h6-20,22,25,32H,21,23-24H2,1-5H3,(H,38,42)/t32-/m1/s1. The number of nitrogens with one attached hydrogen (secondary N) is 1. The lowest BCUT2D eigenvalue weighted by atomic mass is 10.0. The van der Waals surface area contributed by atoms with Crippen molar-refractivity contribution in [3.05, 3.63) is 120 Å². The van der Waals surface area contributed by atoms with Gasteiger partial charge >= 0.3 is 0 Å². The van der Waals surface area contributed by atoms with Crippen molar-refractivity contribution >= 4 is 27.5 Å². The highest BCUT2D eigenvalue weighted by Gasteiger charge is 2.35. The second kappa shape index (κ2) is 15.6. The second-order valence-corrected chi connectivity index (χ2v) is 13.2. The van der Waals surface area contributed by atoms with Gasteiger partial charge in [-0.3, -0.25) is 13.9 Å². The zero-order valence-corrected chi connectivity index (χ0v) is 28.0. The Bertz CT molecular complexity index is 1780. The molecule has 248 valence electrons. The Hall–Kier alpha value is -4.90. The number of ether oxygens (including phenoxy) is 2. The van der Waals surface area contributed by atoms with Gasteiger partial charge in [0.2, 0.25) is 11.8 Å². The predicted octanol–water partition coefficient (Wildman–Crippen LogP) is 5.51. The molecule has 4 rings (SSSR count). The maximum absolute atomic E-state index is 14.6. The van der Waals surface area contributed by atoms with E-state index in [4.69, 9.17) is 9.47 Å². The minimum Gasteiger partial charge on any atom is -0.493 e. The van der Waals surface area contributed by atoms with E-state index >= 15 is 0 Å². The number of hydrogen-bond donors (Lipinski definition) is 1. The van der Waals surface area contributed by atoms with Crippen molar-refractivity contribution in [2.24, 2.45) is 0 Å². The van der Waals surface area contributed by atoms with Crippen LogP contribution in [0.3, 0.4) is 0 Å². The van der Waals surface area contributed by atoms with E-state index in [1.165, 1.54) is 49.5 Å². The topological polar surface area (TPSA) is 105 Å². The third kappa shape index (κ3) is 8.68. The third-order valence-electron chi connectivity index (χ3n) is 7.64. The Morgan fingerprint density at radius 3 is 2.11 bits per heavy atom. The molecule has 0 aliphatic carbocycles. The van der Waals surface area contributed by atoms with E-state index in [0.29, 0.717) is 5.75 Å². The molecule has 0 aromatic heterocycles. The molecular weight excluding hydrogens is 621 g/mol. The van der Waals surface area contributed by atoms with Gasteiger partial charge in [-0.05, 0) is 73.9 Å². The van der Waals surface area contributed by atoms with Crippen LogP contribution in [0.15, 0.2) is 102 Å². The largest absolute Gasteiger partial charge is 0.493 e. The maximum atomic E-state index is 14.6. The van der Waals surface area contributed by atoms with Gasteiger partial charge in [0.25, 0.3) is 10.0 Å². The fourth-order valence-electron chi connectivity index (χ4n) is 5.15. The minimum absolute atomic E-state index is 0.0438. The van der Waals surface area contributed by atoms with Crippen LogP contribution in [0.2, 0.25) is 0 Å². The summed E-state index contributed by atoms with van der Waals surface area (Å²) in [6.45, 7) is 4.94. The molecule has 0 saturated carbocycles. The summed E-state index contributed by atoms with van der Waals surface area (Å²) in [6, 6.07) is 24.5. The molecule has 0 bridgehead atoms. The summed E-state index contributed by atoms with van der Waals surface area (Å²) >= 11 is 0. The highest BCUT2D eigenvalue weighted by molar-refractivity contribution is 7.92. The number of carbonyl (C=O) groups is 2. The van der Waals surface area contributed by atoms with Crippen LogP contribution >= 0.6 is 0 Å². The smallest absolute Gasteiger partial charge is 0.264 e. The van der Waals surface area contributed by atoms with Crippen LogP contribution in [0.5, 0.6) is 11.5 Å². The van der Waals surface area contributed by atoms with Gasteiger partial charge in [-0.25, -0.2) is 12.8 Å². The van der Waals surface area contributed by atoms with Gasteiger partial charge in [0.1, 0.15) is 18.4 Å². The van der Waals surface area contributed by atoms with Crippen molar-refractivity contribution in [1.29, 1.82) is 0 Å². The highest BCUT2D eigenvalue weighted by atomic mass is 32.2. The predicted molar refractivity (Wildman–Crippen MR) is 179 cm³/mol. The molecule has 0 unspecified atom stereocenters. The Balaban J connectivity index is 1.83. The van der Waals surface area contributed by atoms with Crippen molar-refractivity contribution in [1.82, 2.24) is 10.2 Å². The Morgan fingerprint density at radius 2 is 1.49 bits per heavy atom. The fraction of sp³-hybridized carbons (Fsp3) is 0.278. The molecule has 0 saturated heterocycles. The number of rotatable bonds is 14. The Kier molecular flexibility index (Phi) is 11.6. The molecule has 2 amide bonds. The fourth-order valence-corrected chi connectivity index (χ4v) is 6.58. The van der Waals surface area contributed by atoms with Crippen LogP contribution in [0.4, 0.5) is 10.1 Å². The first-order valence-corrected chi connectivity index (χ1v) is 16.6. The summed E-state index contributed by atoms with van der Waals surface area (Å²) in [6.07, 6.45) is 0.190. The maximum Gasteiger partial charge on any atom is 0.264 e. The molecule has 1 N–H and O–H groups in total. The van der Waals surface area contributed by atoms with Crippen molar-refractivity contribution in [2.45, 2.75) is 50.7 Å². The van der Waals surface area contributed by atoms with Crippen molar-refractivity contribution in [2.75, 3.05) is 25.1 Å². The number of aryl methyl sites for hydroxylation is 1. The molecule has 0 heterocycles. The number of amides is 2. The first-order valence-electron chi connectivity index (χ1n) is 15.1. The summed E-state index contributed by atoms with van der Waals surface area (Å²) < 4.78 is 54.1. The molecule has 9 nitrogen and oxygen atoms in total.